The number of hydrogen-bond donors (Lipinski definition) is 2. The van der Waals surface area contributed by atoms with Crippen molar-refractivity contribution in [2.24, 2.45) is 11.7 Å². The lowest BCUT2D eigenvalue weighted by molar-refractivity contribution is -0.274. The van der Waals surface area contributed by atoms with Crippen LogP contribution in [0.15, 0.2) is 18.2 Å². The molecule has 0 aliphatic heterocycles. The molecule has 0 radical (unpaired) electrons. The molecule has 0 aliphatic rings. The lowest BCUT2D eigenvalue weighted by atomic mass is 10.2. The summed E-state index contributed by atoms with van der Waals surface area (Å²) in [6.45, 7) is 1.86. The number of nitrogens with two attached hydrogens (primary N) is 1. The monoisotopic (exact) mass is 355 g/mol. The van der Waals surface area contributed by atoms with Crippen LogP contribution in [0, 0.1) is 5.92 Å². The Hall–Kier alpha value is -1.58. The molecule has 0 spiro atoms. The molecule has 2 aromatic rings. The first-order valence-electron chi connectivity index (χ1n) is 5.96. The van der Waals surface area contributed by atoms with Crippen LogP contribution in [-0.4, -0.2) is 23.8 Å². The van der Waals surface area contributed by atoms with Gasteiger partial charge in [-0.15, -0.1) is 25.6 Å². The van der Waals surface area contributed by atoms with Crippen LogP contribution in [0.5, 0.6) is 5.75 Å². The number of carbonyl (C=O) groups excluding carboxylic acids is 1. The van der Waals surface area contributed by atoms with Crippen molar-refractivity contribution < 1.29 is 22.7 Å². The fourth-order valence-corrected chi connectivity index (χ4v) is 2.39. The number of carbonyl (C=O) groups is 1. The molecule has 0 fully saturated rings. The Morgan fingerprint density at radius 3 is 2.77 bits per heavy atom. The minimum atomic E-state index is -4.74. The van der Waals surface area contributed by atoms with E-state index >= 15 is 0 Å². The molecule has 0 saturated carbocycles. The van der Waals surface area contributed by atoms with Gasteiger partial charge in [0.1, 0.15) is 5.75 Å². The van der Waals surface area contributed by atoms with E-state index in [0.717, 1.165) is 11.3 Å². The van der Waals surface area contributed by atoms with Gasteiger partial charge < -0.3 is 15.8 Å². The van der Waals surface area contributed by atoms with Gasteiger partial charge in [-0.3, -0.25) is 4.79 Å². The number of rotatable bonds is 4. The highest BCUT2D eigenvalue weighted by molar-refractivity contribution is 7.22. The lowest BCUT2D eigenvalue weighted by Gasteiger charge is -2.07. The number of nitrogens with one attached hydrogen (secondary N) is 1. The number of ether oxygens (including phenoxy) is 1. The Morgan fingerprint density at radius 2 is 2.18 bits per heavy atom. The molecule has 0 saturated heterocycles. The van der Waals surface area contributed by atoms with Gasteiger partial charge in [-0.2, -0.15) is 0 Å². The van der Waals surface area contributed by atoms with Crippen molar-refractivity contribution in [2.45, 2.75) is 13.3 Å². The van der Waals surface area contributed by atoms with E-state index < -0.39 is 6.36 Å². The molecule has 3 N–H and O–H groups in total. The number of halogens is 4. The van der Waals surface area contributed by atoms with Crippen molar-refractivity contribution in [3.05, 3.63) is 18.2 Å². The van der Waals surface area contributed by atoms with Crippen molar-refractivity contribution in [1.82, 2.24) is 4.98 Å². The van der Waals surface area contributed by atoms with Gasteiger partial charge in [-0.05, 0) is 12.1 Å². The van der Waals surface area contributed by atoms with E-state index in [1.54, 1.807) is 6.92 Å². The number of hydrogen-bond acceptors (Lipinski definition) is 5. The average molecular weight is 356 g/mol. The van der Waals surface area contributed by atoms with Crippen LogP contribution in [0.1, 0.15) is 6.92 Å². The minimum absolute atomic E-state index is 0. The van der Waals surface area contributed by atoms with E-state index in [-0.39, 0.29) is 36.5 Å². The van der Waals surface area contributed by atoms with Crippen LogP contribution < -0.4 is 15.8 Å². The summed E-state index contributed by atoms with van der Waals surface area (Å²) in [7, 11) is 0. The number of benzene rings is 1. The molecular weight excluding hydrogens is 343 g/mol. The zero-order chi connectivity index (χ0) is 15.6. The molecule has 5 nitrogen and oxygen atoms in total. The Balaban J connectivity index is 0.00000242. The Labute approximate surface area is 134 Å². The topological polar surface area (TPSA) is 77.2 Å². The smallest absolute Gasteiger partial charge is 0.406 e. The molecule has 1 atom stereocenters. The Bertz CT molecular complexity index is 663. The number of nitrogens with zero attached hydrogens (tertiary/aromatic N) is 1. The summed E-state index contributed by atoms with van der Waals surface area (Å²) in [5.41, 5.74) is 5.86. The fourth-order valence-electron chi connectivity index (χ4n) is 1.49. The maximum Gasteiger partial charge on any atom is 0.573 e. The van der Waals surface area contributed by atoms with E-state index in [0.29, 0.717) is 15.3 Å². The summed E-state index contributed by atoms with van der Waals surface area (Å²) in [5, 5.41) is 2.88. The van der Waals surface area contributed by atoms with Crippen molar-refractivity contribution >= 4 is 45.0 Å². The minimum Gasteiger partial charge on any atom is -0.406 e. The Morgan fingerprint density at radius 1 is 1.50 bits per heavy atom. The predicted molar refractivity (Wildman–Crippen MR) is 80.4 cm³/mol. The third-order valence-electron chi connectivity index (χ3n) is 2.62. The molecule has 1 heterocycles. The molecule has 1 aromatic carbocycles. The highest BCUT2D eigenvalue weighted by Crippen LogP contribution is 2.31. The third-order valence-corrected chi connectivity index (χ3v) is 3.56. The molecule has 1 unspecified atom stereocenters. The maximum absolute atomic E-state index is 12.1. The van der Waals surface area contributed by atoms with Crippen molar-refractivity contribution in [3.63, 3.8) is 0 Å². The van der Waals surface area contributed by atoms with Gasteiger partial charge in [-0.1, -0.05) is 18.3 Å². The van der Waals surface area contributed by atoms with E-state index in [2.05, 4.69) is 15.0 Å². The lowest BCUT2D eigenvalue weighted by Crippen LogP contribution is -2.26. The molecule has 0 bridgehead atoms. The zero-order valence-electron chi connectivity index (χ0n) is 11.3. The molecule has 122 valence electrons. The highest BCUT2D eigenvalue weighted by Gasteiger charge is 2.31. The molecule has 10 heteroatoms. The van der Waals surface area contributed by atoms with Gasteiger partial charge >= 0.3 is 6.36 Å². The Kier molecular flexibility index (Phi) is 5.98. The molecule has 0 aliphatic carbocycles. The molecule has 2 rings (SSSR count). The third kappa shape index (κ3) is 4.72. The van der Waals surface area contributed by atoms with Crippen molar-refractivity contribution in [1.29, 1.82) is 0 Å². The van der Waals surface area contributed by atoms with Crippen molar-refractivity contribution in [3.8, 4) is 5.75 Å². The number of fused-ring (bicyclic) bond motifs is 1. The SMILES string of the molecule is CC(CN)C(=O)Nc1nc2ccc(OC(F)(F)F)cc2s1.Cl. The number of amides is 1. The normalized spacial score (nSPS) is 12.6. The van der Waals surface area contributed by atoms with E-state index in [9.17, 15) is 18.0 Å². The molecule has 1 aromatic heterocycles. The number of thiazole rings is 1. The quantitative estimate of drug-likeness (QED) is 0.883. The number of alkyl halides is 3. The first kappa shape index (κ1) is 18.5. The maximum atomic E-state index is 12.1. The van der Waals surface area contributed by atoms with Crippen molar-refractivity contribution in [2.75, 3.05) is 11.9 Å². The second-order valence-corrected chi connectivity index (χ2v) is 5.35. The van der Waals surface area contributed by atoms with Crippen LogP contribution in [-0.2, 0) is 4.79 Å². The largest absolute Gasteiger partial charge is 0.573 e. The van der Waals surface area contributed by atoms with Crippen LogP contribution >= 0.6 is 23.7 Å². The van der Waals surface area contributed by atoms with E-state index in [4.69, 9.17) is 5.73 Å². The summed E-state index contributed by atoms with van der Waals surface area (Å²) in [4.78, 5) is 15.8. The summed E-state index contributed by atoms with van der Waals surface area (Å²) in [6.07, 6.45) is -4.74. The first-order valence-corrected chi connectivity index (χ1v) is 6.77. The summed E-state index contributed by atoms with van der Waals surface area (Å²) in [5.74, 6) is -0.990. The van der Waals surface area contributed by atoms with Gasteiger partial charge in [0.05, 0.1) is 10.2 Å². The summed E-state index contributed by atoms with van der Waals surface area (Å²) in [6, 6.07) is 3.79. The standard InChI is InChI=1S/C12H12F3N3O2S.ClH/c1-6(5-16)10(19)18-11-17-8-3-2-7(4-9(8)21-11)20-12(13,14)15;/h2-4,6H,5,16H2,1H3,(H,17,18,19);1H. The van der Waals surface area contributed by atoms with E-state index in [1.807, 2.05) is 0 Å². The van der Waals surface area contributed by atoms with E-state index in [1.165, 1.54) is 18.2 Å². The summed E-state index contributed by atoms with van der Waals surface area (Å²) < 4.78 is 40.7. The first-order chi connectivity index (χ1) is 9.78. The highest BCUT2D eigenvalue weighted by atomic mass is 35.5. The molecule has 22 heavy (non-hydrogen) atoms. The number of aromatic nitrogens is 1. The van der Waals surface area contributed by atoms with Gasteiger partial charge in [0.25, 0.3) is 0 Å². The molecular formula is C12H13ClF3N3O2S. The second kappa shape index (κ2) is 7.12. The zero-order valence-corrected chi connectivity index (χ0v) is 12.9. The van der Waals surface area contributed by atoms with Gasteiger partial charge in [-0.25, -0.2) is 4.98 Å². The second-order valence-electron chi connectivity index (χ2n) is 4.32. The number of anilines is 1. The van der Waals surface area contributed by atoms with Gasteiger partial charge in [0.15, 0.2) is 5.13 Å². The average Bonchev–Trinajstić information content (AvgIpc) is 2.77. The predicted octanol–water partition coefficient (Wildman–Crippen LogP) is 3.15. The summed E-state index contributed by atoms with van der Waals surface area (Å²) >= 11 is 1.06. The van der Waals surface area contributed by atoms with Crippen LogP contribution in [0.25, 0.3) is 10.2 Å². The van der Waals surface area contributed by atoms with Crippen LogP contribution in [0.2, 0.25) is 0 Å². The van der Waals surface area contributed by atoms with Gasteiger partial charge in [0, 0.05) is 18.5 Å². The van der Waals surface area contributed by atoms with Crippen LogP contribution in [0.3, 0.4) is 0 Å². The van der Waals surface area contributed by atoms with Crippen LogP contribution in [0.4, 0.5) is 18.3 Å². The fraction of sp³-hybridized carbons (Fsp3) is 0.333. The van der Waals surface area contributed by atoms with Gasteiger partial charge in [0.2, 0.25) is 5.91 Å². The molecule has 1 amide bonds.